The van der Waals surface area contributed by atoms with Crippen LogP contribution in [0.1, 0.15) is 11.1 Å². The Morgan fingerprint density at radius 3 is 2.62 bits per heavy atom. The zero-order chi connectivity index (χ0) is 18.5. The van der Waals surface area contributed by atoms with Crippen LogP contribution in [0.3, 0.4) is 0 Å². The summed E-state index contributed by atoms with van der Waals surface area (Å²) in [5.41, 5.74) is 3.03. The van der Waals surface area contributed by atoms with Crippen LogP contribution in [0.15, 0.2) is 42.5 Å². The first-order chi connectivity index (χ1) is 12.5. The number of anilines is 1. The van der Waals surface area contributed by atoms with Crippen molar-refractivity contribution >= 4 is 11.7 Å². The molecule has 0 spiro atoms. The molecule has 6 heteroatoms. The molecule has 0 radical (unpaired) electrons. The standard InChI is InChI=1S/C20H25N3O3/c1-15-4-3-5-17(12-15)21-20(25)23-10-8-22(9-11-23)14-16-6-7-18(24)19(13-16)26-2/h3-7,12-13,24H,8-11,14H2,1-2H3,(H,21,25). The minimum atomic E-state index is -0.0541. The highest BCUT2D eigenvalue weighted by Crippen LogP contribution is 2.27. The maximum atomic E-state index is 12.4. The van der Waals surface area contributed by atoms with Gasteiger partial charge < -0.3 is 20.1 Å². The van der Waals surface area contributed by atoms with Gasteiger partial charge in [-0.1, -0.05) is 18.2 Å². The van der Waals surface area contributed by atoms with Crippen molar-refractivity contribution in [3.05, 3.63) is 53.6 Å². The number of hydrogen-bond donors (Lipinski definition) is 2. The van der Waals surface area contributed by atoms with Crippen LogP contribution in [-0.2, 0) is 6.54 Å². The van der Waals surface area contributed by atoms with Gasteiger partial charge in [0, 0.05) is 38.4 Å². The largest absolute Gasteiger partial charge is 0.504 e. The minimum absolute atomic E-state index is 0.0541. The van der Waals surface area contributed by atoms with Crippen molar-refractivity contribution in [2.75, 3.05) is 38.6 Å². The van der Waals surface area contributed by atoms with Crippen LogP contribution in [0.5, 0.6) is 11.5 Å². The maximum absolute atomic E-state index is 12.4. The monoisotopic (exact) mass is 355 g/mol. The van der Waals surface area contributed by atoms with Gasteiger partial charge in [0.15, 0.2) is 11.5 Å². The summed E-state index contributed by atoms with van der Waals surface area (Å²) in [6, 6.07) is 13.2. The van der Waals surface area contributed by atoms with Gasteiger partial charge in [-0.05, 0) is 42.3 Å². The molecule has 0 atom stereocenters. The molecule has 1 fully saturated rings. The average molecular weight is 355 g/mol. The first kappa shape index (κ1) is 18.1. The maximum Gasteiger partial charge on any atom is 0.321 e. The van der Waals surface area contributed by atoms with E-state index in [1.165, 1.54) is 0 Å². The molecule has 1 aliphatic heterocycles. The Balaban J connectivity index is 1.51. The molecule has 2 N–H and O–H groups in total. The number of benzene rings is 2. The second-order valence-electron chi connectivity index (χ2n) is 6.57. The third-order valence-corrected chi connectivity index (χ3v) is 4.58. The van der Waals surface area contributed by atoms with Crippen LogP contribution in [0.25, 0.3) is 0 Å². The van der Waals surface area contributed by atoms with Gasteiger partial charge in [-0.25, -0.2) is 4.79 Å². The summed E-state index contributed by atoms with van der Waals surface area (Å²) in [5.74, 6) is 0.632. The van der Waals surface area contributed by atoms with Gasteiger partial charge in [0.05, 0.1) is 7.11 Å². The summed E-state index contributed by atoms with van der Waals surface area (Å²) in [7, 11) is 1.55. The summed E-state index contributed by atoms with van der Waals surface area (Å²) >= 11 is 0. The Morgan fingerprint density at radius 1 is 1.15 bits per heavy atom. The third-order valence-electron chi connectivity index (χ3n) is 4.58. The van der Waals surface area contributed by atoms with Crippen LogP contribution in [0.4, 0.5) is 10.5 Å². The van der Waals surface area contributed by atoms with E-state index in [1.807, 2.05) is 48.2 Å². The third kappa shape index (κ3) is 4.46. The van der Waals surface area contributed by atoms with Crippen molar-refractivity contribution in [2.45, 2.75) is 13.5 Å². The van der Waals surface area contributed by atoms with E-state index in [2.05, 4.69) is 10.2 Å². The van der Waals surface area contributed by atoms with Crippen molar-refractivity contribution in [3.8, 4) is 11.5 Å². The molecule has 0 unspecified atom stereocenters. The number of methoxy groups -OCH3 is 1. The number of rotatable bonds is 4. The molecule has 2 amide bonds. The van der Waals surface area contributed by atoms with Crippen molar-refractivity contribution in [2.24, 2.45) is 0 Å². The van der Waals surface area contributed by atoms with Gasteiger partial charge >= 0.3 is 6.03 Å². The lowest BCUT2D eigenvalue weighted by Gasteiger charge is -2.34. The molecule has 3 rings (SSSR count). The Hall–Kier alpha value is -2.73. The molecule has 0 aromatic heterocycles. The molecule has 0 aliphatic carbocycles. The highest BCUT2D eigenvalue weighted by molar-refractivity contribution is 5.89. The lowest BCUT2D eigenvalue weighted by atomic mass is 10.1. The van der Waals surface area contributed by atoms with Gasteiger partial charge in [0.2, 0.25) is 0 Å². The lowest BCUT2D eigenvalue weighted by Crippen LogP contribution is -2.49. The van der Waals surface area contributed by atoms with Crippen LogP contribution in [0, 0.1) is 6.92 Å². The van der Waals surface area contributed by atoms with Crippen molar-refractivity contribution in [1.29, 1.82) is 0 Å². The van der Waals surface area contributed by atoms with Gasteiger partial charge in [-0.3, -0.25) is 4.90 Å². The smallest absolute Gasteiger partial charge is 0.321 e. The van der Waals surface area contributed by atoms with Crippen LogP contribution < -0.4 is 10.1 Å². The van der Waals surface area contributed by atoms with E-state index < -0.39 is 0 Å². The molecule has 6 nitrogen and oxygen atoms in total. The summed E-state index contributed by atoms with van der Waals surface area (Å²) in [5, 5.41) is 12.6. The number of aromatic hydroxyl groups is 1. The number of ether oxygens (including phenoxy) is 1. The van der Waals surface area contributed by atoms with E-state index in [0.29, 0.717) is 18.8 Å². The number of amides is 2. The number of phenolic OH excluding ortho intramolecular Hbond substituents is 1. The fraction of sp³-hybridized carbons (Fsp3) is 0.350. The molecule has 1 aliphatic rings. The average Bonchev–Trinajstić information content (AvgIpc) is 2.64. The Bertz CT molecular complexity index is 771. The number of carbonyl (C=O) groups is 1. The molecule has 0 saturated carbocycles. The van der Waals surface area contributed by atoms with Gasteiger partial charge in [-0.2, -0.15) is 0 Å². The SMILES string of the molecule is COc1cc(CN2CCN(C(=O)Nc3cccc(C)c3)CC2)ccc1O. The van der Waals surface area contributed by atoms with Gasteiger partial charge in [0.25, 0.3) is 0 Å². The van der Waals surface area contributed by atoms with Crippen LogP contribution in [-0.4, -0.2) is 54.2 Å². The number of nitrogens with zero attached hydrogens (tertiary/aromatic N) is 2. The summed E-state index contributed by atoms with van der Waals surface area (Å²) in [6.45, 7) is 5.77. The number of piperazine rings is 1. The quantitative estimate of drug-likeness (QED) is 0.885. The summed E-state index contributed by atoms with van der Waals surface area (Å²) in [4.78, 5) is 16.6. The van der Waals surface area contributed by atoms with Crippen LogP contribution in [0.2, 0.25) is 0 Å². The van der Waals surface area contributed by atoms with E-state index >= 15 is 0 Å². The first-order valence-electron chi connectivity index (χ1n) is 8.76. The number of nitrogens with one attached hydrogen (secondary N) is 1. The van der Waals surface area contributed by atoms with E-state index in [1.54, 1.807) is 13.2 Å². The number of hydrogen-bond acceptors (Lipinski definition) is 4. The molecule has 138 valence electrons. The highest BCUT2D eigenvalue weighted by atomic mass is 16.5. The Labute approximate surface area is 154 Å². The Kier molecular flexibility index (Phi) is 5.63. The second kappa shape index (κ2) is 8.10. The first-order valence-corrected chi connectivity index (χ1v) is 8.76. The van der Waals surface area contributed by atoms with E-state index in [-0.39, 0.29) is 11.8 Å². The van der Waals surface area contributed by atoms with Crippen molar-refractivity contribution in [3.63, 3.8) is 0 Å². The topological polar surface area (TPSA) is 65.0 Å². The molecule has 1 heterocycles. The lowest BCUT2D eigenvalue weighted by molar-refractivity contribution is 0.143. The predicted octanol–water partition coefficient (Wildman–Crippen LogP) is 3.06. The predicted molar refractivity (Wildman–Crippen MR) is 102 cm³/mol. The molecular formula is C20H25N3O3. The summed E-state index contributed by atoms with van der Waals surface area (Å²) < 4.78 is 5.16. The minimum Gasteiger partial charge on any atom is -0.504 e. The summed E-state index contributed by atoms with van der Waals surface area (Å²) in [6.07, 6.45) is 0. The van der Waals surface area contributed by atoms with Gasteiger partial charge in [0.1, 0.15) is 0 Å². The number of urea groups is 1. The second-order valence-corrected chi connectivity index (χ2v) is 6.57. The number of phenols is 1. The van der Waals surface area contributed by atoms with E-state index in [0.717, 1.165) is 36.4 Å². The van der Waals surface area contributed by atoms with Crippen molar-refractivity contribution < 1.29 is 14.6 Å². The fourth-order valence-electron chi connectivity index (χ4n) is 3.11. The fourth-order valence-corrected chi connectivity index (χ4v) is 3.11. The highest BCUT2D eigenvalue weighted by Gasteiger charge is 2.21. The number of aryl methyl sites for hydroxylation is 1. The molecule has 1 saturated heterocycles. The zero-order valence-corrected chi connectivity index (χ0v) is 15.2. The molecule has 2 aromatic rings. The number of carbonyl (C=O) groups excluding carboxylic acids is 1. The van der Waals surface area contributed by atoms with Crippen LogP contribution >= 0.6 is 0 Å². The normalized spacial score (nSPS) is 14.9. The van der Waals surface area contributed by atoms with Crippen molar-refractivity contribution in [1.82, 2.24) is 9.80 Å². The molecule has 2 aromatic carbocycles. The molecular weight excluding hydrogens is 330 g/mol. The molecule has 26 heavy (non-hydrogen) atoms. The zero-order valence-electron chi connectivity index (χ0n) is 15.2. The molecule has 0 bridgehead atoms. The van der Waals surface area contributed by atoms with E-state index in [4.69, 9.17) is 4.74 Å². The van der Waals surface area contributed by atoms with Gasteiger partial charge in [-0.15, -0.1) is 0 Å². The van der Waals surface area contributed by atoms with E-state index in [9.17, 15) is 9.90 Å². The Morgan fingerprint density at radius 2 is 1.92 bits per heavy atom.